The van der Waals surface area contributed by atoms with E-state index < -0.39 is 0 Å². The van der Waals surface area contributed by atoms with Crippen molar-refractivity contribution in [2.24, 2.45) is 0 Å². The van der Waals surface area contributed by atoms with E-state index in [0.717, 1.165) is 27.8 Å². The Morgan fingerprint density at radius 3 is 2.50 bits per heavy atom. The quantitative estimate of drug-likeness (QED) is 0.788. The summed E-state index contributed by atoms with van der Waals surface area (Å²) < 4.78 is 5.27. The zero-order chi connectivity index (χ0) is 15.4. The predicted molar refractivity (Wildman–Crippen MR) is 89.3 cm³/mol. The number of amides is 1. The van der Waals surface area contributed by atoms with E-state index in [1.165, 1.54) is 0 Å². The molecule has 3 rings (SSSR count). The number of para-hydroxylation sites is 1. The summed E-state index contributed by atoms with van der Waals surface area (Å²) in [5.41, 5.74) is 1.68. The Labute approximate surface area is 129 Å². The van der Waals surface area contributed by atoms with Crippen LogP contribution in [0.15, 0.2) is 66.7 Å². The van der Waals surface area contributed by atoms with E-state index in [-0.39, 0.29) is 12.3 Å². The number of hydrogen-bond donors (Lipinski definition) is 1. The Morgan fingerprint density at radius 2 is 1.68 bits per heavy atom. The number of benzene rings is 3. The molecule has 1 N–H and O–H groups in total. The highest BCUT2D eigenvalue weighted by Gasteiger charge is 2.08. The molecule has 0 radical (unpaired) electrons. The smallest absolute Gasteiger partial charge is 0.228 e. The van der Waals surface area contributed by atoms with Gasteiger partial charge >= 0.3 is 0 Å². The van der Waals surface area contributed by atoms with Crippen LogP contribution in [0.5, 0.6) is 5.75 Å². The third-order valence-electron chi connectivity index (χ3n) is 3.58. The van der Waals surface area contributed by atoms with Crippen molar-refractivity contribution >= 4 is 22.4 Å². The SMILES string of the molecule is COc1ccccc1CC(=O)Nc1ccc2ccccc2c1. The van der Waals surface area contributed by atoms with Crippen LogP contribution in [0.2, 0.25) is 0 Å². The van der Waals surface area contributed by atoms with Gasteiger partial charge < -0.3 is 10.1 Å². The lowest BCUT2D eigenvalue weighted by Gasteiger charge is -2.09. The van der Waals surface area contributed by atoms with E-state index in [4.69, 9.17) is 4.74 Å². The highest BCUT2D eigenvalue weighted by molar-refractivity contribution is 5.95. The molecular formula is C19H17NO2. The fourth-order valence-corrected chi connectivity index (χ4v) is 2.49. The minimum absolute atomic E-state index is 0.0558. The highest BCUT2D eigenvalue weighted by Crippen LogP contribution is 2.21. The molecule has 0 fully saturated rings. The van der Waals surface area contributed by atoms with Crippen molar-refractivity contribution in [3.8, 4) is 5.75 Å². The number of carbonyl (C=O) groups excluding carboxylic acids is 1. The number of ether oxygens (including phenoxy) is 1. The number of rotatable bonds is 4. The van der Waals surface area contributed by atoms with Gasteiger partial charge in [-0.2, -0.15) is 0 Å². The van der Waals surface area contributed by atoms with E-state index in [1.807, 2.05) is 60.7 Å². The van der Waals surface area contributed by atoms with Crippen molar-refractivity contribution in [1.82, 2.24) is 0 Å². The van der Waals surface area contributed by atoms with Crippen molar-refractivity contribution in [2.45, 2.75) is 6.42 Å². The van der Waals surface area contributed by atoms with Gasteiger partial charge in [-0.1, -0.05) is 48.5 Å². The number of methoxy groups -OCH3 is 1. The van der Waals surface area contributed by atoms with Crippen LogP contribution in [0, 0.1) is 0 Å². The Hall–Kier alpha value is -2.81. The summed E-state index contributed by atoms with van der Waals surface area (Å²) in [4.78, 5) is 12.2. The van der Waals surface area contributed by atoms with Crippen LogP contribution in [0.25, 0.3) is 10.8 Å². The molecule has 3 aromatic rings. The van der Waals surface area contributed by atoms with E-state index >= 15 is 0 Å². The molecule has 0 aliphatic carbocycles. The molecule has 110 valence electrons. The molecule has 3 nitrogen and oxygen atoms in total. The fourth-order valence-electron chi connectivity index (χ4n) is 2.49. The van der Waals surface area contributed by atoms with Crippen LogP contribution in [0.1, 0.15) is 5.56 Å². The lowest BCUT2D eigenvalue weighted by molar-refractivity contribution is -0.115. The summed E-state index contributed by atoms with van der Waals surface area (Å²) >= 11 is 0. The number of hydrogen-bond acceptors (Lipinski definition) is 2. The molecule has 1 amide bonds. The summed E-state index contributed by atoms with van der Waals surface area (Å²) in [7, 11) is 1.61. The third-order valence-corrected chi connectivity index (χ3v) is 3.58. The van der Waals surface area contributed by atoms with Gasteiger partial charge in [0.15, 0.2) is 0 Å². The fraction of sp³-hybridized carbons (Fsp3) is 0.105. The summed E-state index contributed by atoms with van der Waals surface area (Å²) in [6.07, 6.45) is 0.289. The topological polar surface area (TPSA) is 38.3 Å². The van der Waals surface area contributed by atoms with Crippen LogP contribution in [0.4, 0.5) is 5.69 Å². The van der Waals surface area contributed by atoms with Crippen LogP contribution < -0.4 is 10.1 Å². The van der Waals surface area contributed by atoms with Gasteiger partial charge in [0.05, 0.1) is 13.5 Å². The first-order valence-electron chi connectivity index (χ1n) is 7.17. The highest BCUT2D eigenvalue weighted by atomic mass is 16.5. The van der Waals surface area contributed by atoms with Gasteiger partial charge in [0.1, 0.15) is 5.75 Å². The number of carbonyl (C=O) groups is 1. The maximum absolute atomic E-state index is 12.2. The van der Waals surface area contributed by atoms with Crippen LogP contribution in [0.3, 0.4) is 0 Å². The average Bonchev–Trinajstić information content (AvgIpc) is 2.55. The Morgan fingerprint density at radius 1 is 0.955 bits per heavy atom. The standard InChI is InChI=1S/C19H17NO2/c1-22-18-9-5-4-8-16(18)13-19(21)20-17-11-10-14-6-2-3-7-15(14)12-17/h2-12H,13H2,1H3,(H,20,21). The van der Waals surface area contributed by atoms with Crippen molar-refractivity contribution in [2.75, 3.05) is 12.4 Å². The Balaban J connectivity index is 1.75. The van der Waals surface area contributed by atoms with Gasteiger partial charge in [0.25, 0.3) is 0 Å². The van der Waals surface area contributed by atoms with E-state index in [2.05, 4.69) is 11.4 Å². The van der Waals surface area contributed by atoms with Crippen LogP contribution >= 0.6 is 0 Å². The van der Waals surface area contributed by atoms with Crippen LogP contribution in [-0.2, 0) is 11.2 Å². The van der Waals surface area contributed by atoms with Gasteiger partial charge in [-0.05, 0) is 29.0 Å². The van der Waals surface area contributed by atoms with Crippen molar-refractivity contribution < 1.29 is 9.53 Å². The van der Waals surface area contributed by atoms with Crippen molar-refractivity contribution in [3.63, 3.8) is 0 Å². The molecular weight excluding hydrogens is 274 g/mol. The number of nitrogens with one attached hydrogen (secondary N) is 1. The van der Waals surface area contributed by atoms with E-state index in [1.54, 1.807) is 7.11 Å². The second kappa shape index (κ2) is 6.31. The molecule has 3 aromatic carbocycles. The molecule has 0 aliphatic heterocycles. The third kappa shape index (κ3) is 3.09. The Bertz CT molecular complexity index is 811. The molecule has 0 spiro atoms. The molecule has 3 heteroatoms. The molecule has 22 heavy (non-hydrogen) atoms. The second-order valence-electron chi connectivity index (χ2n) is 5.10. The molecule has 0 saturated heterocycles. The van der Waals surface area contributed by atoms with Crippen molar-refractivity contribution in [1.29, 1.82) is 0 Å². The van der Waals surface area contributed by atoms with Gasteiger partial charge in [0, 0.05) is 11.3 Å². The van der Waals surface area contributed by atoms with E-state index in [9.17, 15) is 4.79 Å². The summed E-state index contributed by atoms with van der Waals surface area (Å²) in [5.74, 6) is 0.677. The number of fused-ring (bicyclic) bond motifs is 1. The Kier molecular flexibility index (Phi) is 4.05. The first-order valence-corrected chi connectivity index (χ1v) is 7.17. The average molecular weight is 291 g/mol. The monoisotopic (exact) mass is 291 g/mol. The zero-order valence-electron chi connectivity index (χ0n) is 12.4. The summed E-state index contributed by atoms with van der Waals surface area (Å²) in [6.45, 7) is 0. The second-order valence-corrected chi connectivity index (χ2v) is 5.10. The minimum Gasteiger partial charge on any atom is -0.496 e. The normalized spacial score (nSPS) is 10.4. The zero-order valence-corrected chi connectivity index (χ0v) is 12.4. The molecule has 0 aromatic heterocycles. The molecule has 0 bridgehead atoms. The first-order chi connectivity index (χ1) is 10.8. The van der Waals surface area contributed by atoms with Gasteiger partial charge in [-0.3, -0.25) is 4.79 Å². The van der Waals surface area contributed by atoms with Crippen molar-refractivity contribution in [3.05, 3.63) is 72.3 Å². The van der Waals surface area contributed by atoms with E-state index in [0.29, 0.717) is 0 Å². The maximum Gasteiger partial charge on any atom is 0.228 e. The summed E-state index contributed by atoms with van der Waals surface area (Å²) in [6, 6.07) is 21.5. The molecule has 0 heterocycles. The molecule has 0 saturated carbocycles. The first kappa shape index (κ1) is 14.1. The maximum atomic E-state index is 12.2. The summed E-state index contributed by atoms with van der Waals surface area (Å²) in [5, 5.41) is 5.21. The van der Waals surface area contributed by atoms with Crippen LogP contribution in [-0.4, -0.2) is 13.0 Å². The molecule has 0 atom stereocenters. The molecule has 0 aliphatic rings. The minimum atomic E-state index is -0.0558. The molecule has 0 unspecified atom stereocenters. The number of anilines is 1. The lowest BCUT2D eigenvalue weighted by atomic mass is 10.1. The lowest BCUT2D eigenvalue weighted by Crippen LogP contribution is -2.14. The largest absolute Gasteiger partial charge is 0.496 e. The predicted octanol–water partition coefficient (Wildman–Crippen LogP) is 4.03. The van der Waals surface area contributed by atoms with Gasteiger partial charge in [-0.25, -0.2) is 0 Å². The van der Waals surface area contributed by atoms with Gasteiger partial charge in [-0.15, -0.1) is 0 Å². The van der Waals surface area contributed by atoms with Gasteiger partial charge in [0.2, 0.25) is 5.91 Å².